The summed E-state index contributed by atoms with van der Waals surface area (Å²) in [5.41, 5.74) is 0.591. The standard InChI is InChI=1S/C13H23BrO/c1-12(2,3)15-5-4-13(9-14)7-10-6-11(10)8-13/h10-11H,4-9H2,1-3H3. The number of hydrogen-bond donors (Lipinski definition) is 0. The zero-order valence-electron chi connectivity index (χ0n) is 10.2. The Hall–Kier alpha value is 0.440. The monoisotopic (exact) mass is 274 g/mol. The average molecular weight is 275 g/mol. The lowest BCUT2D eigenvalue weighted by atomic mass is 9.82. The molecule has 0 saturated heterocycles. The second kappa shape index (κ2) is 4.03. The molecule has 0 bridgehead atoms. The van der Waals surface area contributed by atoms with E-state index in [9.17, 15) is 0 Å². The van der Waals surface area contributed by atoms with Crippen LogP contribution in [0.3, 0.4) is 0 Å². The first-order chi connectivity index (χ1) is 6.94. The third kappa shape index (κ3) is 2.97. The fourth-order valence-electron chi connectivity index (χ4n) is 2.96. The normalized spacial score (nSPS) is 39.2. The molecule has 2 unspecified atom stereocenters. The van der Waals surface area contributed by atoms with E-state index in [1.165, 1.54) is 31.0 Å². The maximum absolute atomic E-state index is 5.85. The zero-order chi connectivity index (χ0) is 11.1. The second-order valence-corrected chi connectivity index (χ2v) is 7.07. The summed E-state index contributed by atoms with van der Waals surface area (Å²) in [5.74, 6) is 2.13. The van der Waals surface area contributed by atoms with Gasteiger partial charge in [0, 0.05) is 11.9 Å². The third-order valence-corrected chi connectivity index (χ3v) is 5.10. The minimum absolute atomic E-state index is 0.0228. The molecule has 88 valence electrons. The number of halogens is 1. The Bertz CT molecular complexity index is 221. The minimum atomic E-state index is 0.0228. The maximum Gasteiger partial charge on any atom is 0.0598 e. The smallest absolute Gasteiger partial charge is 0.0598 e. The van der Waals surface area contributed by atoms with Gasteiger partial charge < -0.3 is 4.74 Å². The summed E-state index contributed by atoms with van der Waals surface area (Å²) in [4.78, 5) is 0. The van der Waals surface area contributed by atoms with Gasteiger partial charge in [0.2, 0.25) is 0 Å². The Morgan fingerprint density at radius 3 is 2.33 bits per heavy atom. The molecule has 2 atom stereocenters. The van der Waals surface area contributed by atoms with Crippen LogP contribution in [0.1, 0.15) is 46.5 Å². The molecule has 0 N–H and O–H groups in total. The van der Waals surface area contributed by atoms with Crippen molar-refractivity contribution in [2.45, 2.75) is 52.1 Å². The van der Waals surface area contributed by atoms with E-state index in [1.54, 1.807) is 0 Å². The lowest BCUT2D eigenvalue weighted by Crippen LogP contribution is -2.26. The number of rotatable bonds is 4. The van der Waals surface area contributed by atoms with Crippen molar-refractivity contribution in [2.24, 2.45) is 17.3 Å². The Morgan fingerprint density at radius 1 is 1.27 bits per heavy atom. The van der Waals surface area contributed by atoms with E-state index >= 15 is 0 Å². The highest BCUT2D eigenvalue weighted by atomic mass is 79.9. The van der Waals surface area contributed by atoms with Crippen molar-refractivity contribution in [3.63, 3.8) is 0 Å². The summed E-state index contributed by atoms with van der Waals surface area (Å²) in [6.07, 6.45) is 5.63. The Labute approximate surface area is 102 Å². The van der Waals surface area contributed by atoms with E-state index in [2.05, 4.69) is 36.7 Å². The van der Waals surface area contributed by atoms with Crippen LogP contribution in [-0.2, 0) is 4.74 Å². The van der Waals surface area contributed by atoms with Gasteiger partial charge in [-0.1, -0.05) is 15.9 Å². The van der Waals surface area contributed by atoms with Crippen molar-refractivity contribution in [2.75, 3.05) is 11.9 Å². The van der Waals surface area contributed by atoms with Crippen LogP contribution in [0.4, 0.5) is 0 Å². The van der Waals surface area contributed by atoms with Crippen molar-refractivity contribution in [1.29, 1.82) is 0 Å². The molecule has 2 heteroatoms. The molecule has 0 spiro atoms. The summed E-state index contributed by atoms with van der Waals surface area (Å²) in [6.45, 7) is 7.34. The van der Waals surface area contributed by atoms with Gasteiger partial charge in [-0.2, -0.15) is 0 Å². The van der Waals surface area contributed by atoms with E-state index in [1.807, 2.05) is 0 Å². The Balaban J connectivity index is 1.77. The molecular formula is C13H23BrO. The Kier molecular flexibility index (Phi) is 3.20. The summed E-state index contributed by atoms with van der Waals surface area (Å²) < 4.78 is 5.85. The quantitative estimate of drug-likeness (QED) is 0.704. The lowest BCUT2D eigenvalue weighted by molar-refractivity contribution is -0.0170. The molecule has 0 aromatic heterocycles. The fourth-order valence-corrected chi connectivity index (χ4v) is 3.70. The van der Waals surface area contributed by atoms with Crippen molar-refractivity contribution < 1.29 is 4.74 Å². The predicted octanol–water partition coefficient (Wildman–Crippen LogP) is 4.00. The molecule has 2 aliphatic carbocycles. The number of alkyl halides is 1. The Morgan fingerprint density at radius 2 is 1.87 bits per heavy atom. The van der Waals surface area contributed by atoms with Crippen LogP contribution in [0.15, 0.2) is 0 Å². The molecule has 2 saturated carbocycles. The van der Waals surface area contributed by atoms with Crippen LogP contribution >= 0.6 is 15.9 Å². The number of hydrogen-bond acceptors (Lipinski definition) is 1. The highest BCUT2D eigenvalue weighted by Gasteiger charge is 2.52. The molecule has 0 aromatic carbocycles. The van der Waals surface area contributed by atoms with Gasteiger partial charge in [0.15, 0.2) is 0 Å². The van der Waals surface area contributed by atoms with Gasteiger partial charge >= 0.3 is 0 Å². The average Bonchev–Trinajstić information content (AvgIpc) is 2.73. The van der Waals surface area contributed by atoms with E-state index < -0.39 is 0 Å². The molecule has 2 aliphatic rings. The summed E-state index contributed by atoms with van der Waals surface area (Å²) in [6, 6.07) is 0. The van der Waals surface area contributed by atoms with Gasteiger partial charge in [-0.25, -0.2) is 0 Å². The van der Waals surface area contributed by atoms with Gasteiger partial charge in [-0.3, -0.25) is 0 Å². The summed E-state index contributed by atoms with van der Waals surface area (Å²) in [5, 5.41) is 1.17. The molecule has 0 heterocycles. The first kappa shape index (κ1) is 11.9. The van der Waals surface area contributed by atoms with Crippen molar-refractivity contribution in [3.05, 3.63) is 0 Å². The minimum Gasteiger partial charge on any atom is -0.376 e. The van der Waals surface area contributed by atoms with Gasteiger partial charge in [-0.15, -0.1) is 0 Å². The number of fused-ring (bicyclic) bond motifs is 1. The van der Waals surface area contributed by atoms with Crippen molar-refractivity contribution >= 4 is 15.9 Å². The molecule has 2 rings (SSSR count). The molecule has 0 aliphatic heterocycles. The van der Waals surface area contributed by atoms with E-state index in [-0.39, 0.29) is 5.60 Å². The van der Waals surface area contributed by atoms with Crippen LogP contribution < -0.4 is 0 Å². The van der Waals surface area contributed by atoms with Crippen LogP contribution in [0.2, 0.25) is 0 Å². The summed E-state index contributed by atoms with van der Waals surface area (Å²) >= 11 is 3.71. The van der Waals surface area contributed by atoms with E-state index in [4.69, 9.17) is 4.74 Å². The topological polar surface area (TPSA) is 9.23 Å². The van der Waals surface area contributed by atoms with Crippen LogP contribution in [0.25, 0.3) is 0 Å². The molecule has 2 fully saturated rings. The maximum atomic E-state index is 5.85. The highest BCUT2D eigenvalue weighted by Crippen LogP contribution is 2.61. The molecule has 0 amide bonds. The van der Waals surface area contributed by atoms with Crippen molar-refractivity contribution in [3.8, 4) is 0 Å². The van der Waals surface area contributed by atoms with Crippen LogP contribution in [-0.4, -0.2) is 17.5 Å². The van der Waals surface area contributed by atoms with Gasteiger partial charge in [-0.05, 0) is 63.7 Å². The zero-order valence-corrected chi connectivity index (χ0v) is 11.8. The van der Waals surface area contributed by atoms with E-state index in [0.29, 0.717) is 5.41 Å². The van der Waals surface area contributed by atoms with Gasteiger partial charge in [0.1, 0.15) is 0 Å². The second-order valence-electron chi connectivity index (χ2n) is 6.51. The van der Waals surface area contributed by atoms with E-state index in [0.717, 1.165) is 18.4 Å². The summed E-state index contributed by atoms with van der Waals surface area (Å²) in [7, 11) is 0. The molecular weight excluding hydrogens is 252 g/mol. The van der Waals surface area contributed by atoms with Crippen LogP contribution in [0, 0.1) is 17.3 Å². The number of ether oxygens (including phenoxy) is 1. The third-order valence-electron chi connectivity index (χ3n) is 3.91. The first-order valence-corrected chi connectivity index (χ1v) is 7.26. The molecule has 0 aromatic rings. The highest BCUT2D eigenvalue weighted by molar-refractivity contribution is 9.09. The fraction of sp³-hybridized carbons (Fsp3) is 1.00. The molecule has 1 nitrogen and oxygen atoms in total. The largest absolute Gasteiger partial charge is 0.376 e. The van der Waals surface area contributed by atoms with Gasteiger partial charge in [0.05, 0.1) is 5.60 Å². The first-order valence-electron chi connectivity index (χ1n) is 6.14. The van der Waals surface area contributed by atoms with Crippen LogP contribution in [0.5, 0.6) is 0 Å². The lowest BCUT2D eigenvalue weighted by Gasteiger charge is -2.30. The molecule has 15 heavy (non-hydrogen) atoms. The van der Waals surface area contributed by atoms with Crippen molar-refractivity contribution in [1.82, 2.24) is 0 Å². The SMILES string of the molecule is CC(C)(C)OCCC1(CBr)CC2CC2C1. The van der Waals surface area contributed by atoms with Gasteiger partial charge in [0.25, 0.3) is 0 Å². The predicted molar refractivity (Wildman–Crippen MR) is 67.4 cm³/mol. The molecule has 0 radical (unpaired) electrons.